The van der Waals surface area contributed by atoms with E-state index in [0.29, 0.717) is 17.1 Å². The van der Waals surface area contributed by atoms with E-state index in [1.165, 1.54) is 4.90 Å². The maximum absolute atomic E-state index is 13.5. The number of benzene rings is 1. The molecule has 9 heteroatoms. The van der Waals surface area contributed by atoms with Crippen molar-refractivity contribution >= 4 is 11.8 Å². The molecular weight excluding hydrogens is 367 g/mol. The molecule has 2 heterocycles. The molecule has 3 rings (SSSR count). The van der Waals surface area contributed by atoms with Crippen molar-refractivity contribution in [3.63, 3.8) is 0 Å². The Bertz CT molecular complexity index is 808. The van der Waals surface area contributed by atoms with Crippen LogP contribution in [0.5, 0.6) is 11.5 Å². The number of fused-ring (bicyclic) bond motifs is 1. The second-order valence-corrected chi connectivity index (χ2v) is 7.48. The fourth-order valence-electron chi connectivity index (χ4n) is 3.08. The van der Waals surface area contributed by atoms with E-state index in [0.717, 1.165) is 0 Å². The van der Waals surface area contributed by atoms with Crippen molar-refractivity contribution in [3.05, 3.63) is 35.2 Å². The molecule has 28 heavy (non-hydrogen) atoms. The van der Waals surface area contributed by atoms with Crippen LogP contribution in [0, 0.1) is 6.57 Å². The van der Waals surface area contributed by atoms with E-state index in [-0.39, 0.29) is 44.7 Å². The van der Waals surface area contributed by atoms with Crippen LogP contribution >= 0.6 is 0 Å². The van der Waals surface area contributed by atoms with Gasteiger partial charge in [-0.05, 0) is 32.0 Å². The summed E-state index contributed by atoms with van der Waals surface area (Å²) in [5, 5.41) is 5.89. The molecule has 1 aromatic rings. The summed E-state index contributed by atoms with van der Waals surface area (Å²) in [4.78, 5) is 29.3. The number of ether oxygens (including phenoxy) is 2. The van der Waals surface area contributed by atoms with E-state index in [4.69, 9.17) is 16.0 Å². The molecule has 0 aromatic heterocycles. The highest BCUT2D eigenvalue weighted by molar-refractivity contribution is 5.95. The van der Waals surface area contributed by atoms with E-state index < -0.39 is 17.9 Å². The number of hydrogen-bond donors (Lipinski definition) is 2. The largest absolute Gasteiger partial charge is 0.454 e. The zero-order valence-electron chi connectivity index (χ0n) is 15.8. The van der Waals surface area contributed by atoms with Gasteiger partial charge >= 0.3 is 6.17 Å². The first-order chi connectivity index (χ1) is 13.3. The molecule has 2 amide bonds. The second-order valence-electron chi connectivity index (χ2n) is 7.48. The van der Waals surface area contributed by atoms with Crippen molar-refractivity contribution in [2.45, 2.75) is 38.1 Å². The van der Waals surface area contributed by atoms with Gasteiger partial charge in [-0.15, -0.1) is 0 Å². The van der Waals surface area contributed by atoms with Crippen LogP contribution < -0.4 is 20.1 Å². The van der Waals surface area contributed by atoms with Crippen LogP contribution in [-0.2, 0) is 4.79 Å². The van der Waals surface area contributed by atoms with E-state index >= 15 is 0 Å². The highest BCUT2D eigenvalue weighted by Crippen LogP contribution is 2.32. The second kappa shape index (κ2) is 8.02. The Morgan fingerprint density at radius 1 is 1.36 bits per heavy atom. The Kier molecular flexibility index (Phi) is 5.70. The smallest absolute Gasteiger partial charge is 0.303 e. The fraction of sp³-hybridized carbons (Fsp3) is 0.526. The lowest BCUT2D eigenvalue weighted by Crippen LogP contribution is -2.52. The molecular formula is C19H23FN4O4. The predicted octanol–water partition coefficient (Wildman–Crippen LogP) is 1.33. The fourth-order valence-corrected chi connectivity index (χ4v) is 3.08. The molecule has 0 unspecified atom stereocenters. The van der Waals surface area contributed by atoms with Gasteiger partial charge in [-0.1, -0.05) is 0 Å². The molecule has 2 aliphatic rings. The van der Waals surface area contributed by atoms with Gasteiger partial charge < -0.3 is 20.1 Å². The number of likely N-dealkylation sites (tertiary alicyclic amines) is 1. The third-order valence-corrected chi connectivity index (χ3v) is 4.73. The molecule has 0 bridgehead atoms. The van der Waals surface area contributed by atoms with Crippen LogP contribution in [-0.4, -0.2) is 61.0 Å². The SMILES string of the molecule is [C-]#[N+][C@@H]1C[C@H](F)CN1C(=O)CNC(C)(C)CNC(=O)c1ccc2c(c1)OCO2. The Balaban J connectivity index is 1.49. The number of carbonyl (C=O) groups is 2. The highest BCUT2D eigenvalue weighted by Gasteiger charge is 2.39. The van der Waals surface area contributed by atoms with Crippen LogP contribution in [0.4, 0.5) is 4.39 Å². The number of rotatable bonds is 6. The number of amides is 2. The van der Waals surface area contributed by atoms with Crippen molar-refractivity contribution < 1.29 is 23.5 Å². The van der Waals surface area contributed by atoms with Crippen molar-refractivity contribution in [1.29, 1.82) is 0 Å². The Labute approximate surface area is 162 Å². The van der Waals surface area contributed by atoms with Gasteiger partial charge in [0.05, 0.1) is 19.5 Å². The Morgan fingerprint density at radius 2 is 2.11 bits per heavy atom. The lowest BCUT2D eigenvalue weighted by Gasteiger charge is -2.27. The summed E-state index contributed by atoms with van der Waals surface area (Å²) < 4.78 is 24.0. The average molecular weight is 390 g/mol. The number of nitrogens with one attached hydrogen (secondary N) is 2. The standard InChI is InChI=1S/C19H23FN4O4/c1-19(2,23-8-17(25)24-9-13(20)7-16(24)21-3)10-22-18(26)12-4-5-14-15(6-12)28-11-27-14/h4-6,13,16,23H,7-11H2,1-2H3,(H,22,26)/t13-,16-/m0/s1. The molecule has 0 aliphatic carbocycles. The molecule has 1 aromatic carbocycles. The molecule has 0 radical (unpaired) electrons. The highest BCUT2D eigenvalue weighted by atomic mass is 19.1. The Hall–Kier alpha value is -2.86. The minimum absolute atomic E-state index is 0.0361. The topological polar surface area (TPSA) is 84.3 Å². The first-order valence-corrected chi connectivity index (χ1v) is 9.02. The minimum Gasteiger partial charge on any atom is -0.454 e. The predicted molar refractivity (Wildman–Crippen MR) is 98.6 cm³/mol. The normalized spacial score (nSPS) is 20.7. The van der Waals surface area contributed by atoms with Gasteiger partial charge in [0.1, 0.15) is 6.17 Å². The van der Waals surface area contributed by atoms with Gasteiger partial charge in [-0.2, -0.15) is 0 Å². The van der Waals surface area contributed by atoms with E-state index in [1.807, 2.05) is 13.8 Å². The molecule has 2 N–H and O–H groups in total. The number of halogens is 1. The maximum atomic E-state index is 13.5. The lowest BCUT2D eigenvalue weighted by molar-refractivity contribution is -0.130. The van der Waals surface area contributed by atoms with Crippen LogP contribution in [0.3, 0.4) is 0 Å². The van der Waals surface area contributed by atoms with Crippen molar-refractivity contribution in [1.82, 2.24) is 15.5 Å². The first-order valence-electron chi connectivity index (χ1n) is 9.02. The molecule has 150 valence electrons. The number of alkyl halides is 1. The van der Waals surface area contributed by atoms with Crippen LogP contribution in [0.25, 0.3) is 4.85 Å². The third kappa shape index (κ3) is 4.51. The molecule has 2 aliphatic heterocycles. The molecule has 0 spiro atoms. The van der Waals surface area contributed by atoms with Gasteiger partial charge in [-0.3, -0.25) is 19.3 Å². The molecule has 0 saturated carbocycles. The Morgan fingerprint density at radius 3 is 2.86 bits per heavy atom. The number of hydrogen-bond acceptors (Lipinski definition) is 5. The van der Waals surface area contributed by atoms with Crippen LogP contribution in [0.15, 0.2) is 18.2 Å². The summed E-state index contributed by atoms with van der Waals surface area (Å²) in [7, 11) is 0. The van der Waals surface area contributed by atoms with E-state index in [9.17, 15) is 14.0 Å². The van der Waals surface area contributed by atoms with Crippen LogP contribution in [0.1, 0.15) is 30.6 Å². The van der Waals surface area contributed by atoms with Gasteiger partial charge in [0.25, 0.3) is 5.91 Å². The van der Waals surface area contributed by atoms with Crippen molar-refractivity contribution in [3.8, 4) is 11.5 Å². The van der Waals surface area contributed by atoms with Crippen molar-refractivity contribution in [2.24, 2.45) is 0 Å². The molecule has 1 saturated heterocycles. The monoisotopic (exact) mass is 390 g/mol. The summed E-state index contributed by atoms with van der Waals surface area (Å²) in [6, 6.07) is 4.95. The zero-order valence-corrected chi connectivity index (χ0v) is 15.8. The van der Waals surface area contributed by atoms with E-state index in [2.05, 4.69) is 15.5 Å². The van der Waals surface area contributed by atoms with Crippen LogP contribution in [0.2, 0.25) is 0 Å². The molecule has 8 nitrogen and oxygen atoms in total. The molecule has 1 fully saturated rings. The van der Waals surface area contributed by atoms with Gasteiger partial charge in [0.15, 0.2) is 11.5 Å². The number of carbonyl (C=O) groups excluding carboxylic acids is 2. The summed E-state index contributed by atoms with van der Waals surface area (Å²) in [6.45, 7) is 11.1. The maximum Gasteiger partial charge on any atom is 0.303 e. The summed E-state index contributed by atoms with van der Waals surface area (Å²) >= 11 is 0. The van der Waals surface area contributed by atoms with Gasteiger partial charge in [0.2, 0.25) is 12.7 Å². The third-order valence-electron chi connectivity index (χ3n) is 4.73. The van der Waals surface area contributed by atoms with Gasteiger partial charge in [-0.25, -0.2) is 11.0 Å². The summed E-state index contributed by atoms with van der Waals surface area (Å²) in [6.07, 6.45) is -1.83. The van der Waals surface area contributed by atoms with Crippen molar-refractivity contribution in [2.75, 3.05) is 26.4 Å². The minimum atomic E-state index is -1.16. The summed E-state index contributed by atoms with van der Waals surface area (Å²) in [5.74, 6) is 0.540. The van der Waals surface area contributed by atoms with Gasteiger partial charge in [0, 0.05) is 17.6 Å². The first kappa shape index (κ1) is 19.9. The summed E-state index contributed by atoms with van der Waals surface area (Å²) in [5.41, 5.74) is -0.133. The number of nitrogens with zero attached hydrogens (tertiary/aromatic N) is 2. The van der Waals surface area contributed by atoms with E-state index in [1.54, 1.807) is 18.2 Å². The zero-order chi connectivity index (χ0) is 20.3. The quantitative estimate of drug-likeness (QED) is 0.716. The average Bonchev–Trinajstić information content (AvgIpc) is 3.29. The lowest BCUT2D eigenvalue weighted by atomic mass is 10.1. The molecule has 2 atom stereocenters.